The molecule has 3 N–H and O–H groups in total. The molecule has 0 aliphatic heterocycles. The van der Waals surface area contributed by atoms with Gasteiger partial charge in [0.2, 0.25) is 10.0 Å². The number of sulfonamides is 1. The Kier molecular flexibility index (Phi) is 4.95. The van der Waals surface area contributed by atoms with Gasteiger partial charge in [-0.15, -0.1) is 0 Å². The molecule has 152 valence electrons. The number of hydrogen-bond donors (Lipinski definition) is 2. The summed E-state index contributed by atoms with van der Waals surface area (Å²) in [7, 11) is -3.73. The second kappa shape index (κ2) is 7.15. The van der Waals surface area contributed by atoms with Crippen LogP contribution in [0.25, 0.3) is 0 Å². The zero-order valence-corrected chi connectivity index (χ0v) is 16.5. The molecule has 8 heteroatoms. The number of rotatable bonds is 6. The molecular formula is C20H26N2O5S. The maximum absolute atomic E-state index is 12.7. The van der Waals surface area contributed by atoms with E-state index in [1.807, 2.05) is 0 Å². The van der Waals surface area contributed by atoms with Crippen LogP contribution in [-0.4, -0.2) is 26.9 Å². The molecule has 0 atom stereocenters. The van der Waals surface area contributed by atoms with Gasteiger partial charge in [-0.25, -0.2) is 13.6 Å². The monoisotopic (exact) mass is 406 g/mol. The van der Waals surface area contributed by atoms with Crippen molar-refractivity contribution in [2.24, 2.45) is 28.3 Å². The molecule has 0 heterocycles. The fourth-order valence-corrected chi connectivity index (χ4v) is 6.21. The van der Waals surface area contributed by atoms with Crippen molar-refractivity contribution < 1.29 is 22.7 Å². The summed E-state index contributed by atoms with van der Waals surface area (Å²) in [5.41, 5.74) is 0.367. The number of nitrogens with one attached hydrogen (secondary N) is 1. The molecule has 4 aliphatic rings. The van der Waals surface area contributed by atoms with Crippen LogP contribution >= 0.6 is 0 Å². The summed E-state index contributed by atoms with van der Waals surface area (Å²) in [6.45, 7) is -0.0610. The van der Waals surface area contributed by atoms with E-state index in [2.05, 4.69) is 5.32 Å². The molecule has 1 amide bonds. The third-order valence-corrected chi connectivity index (χ3v) is 7.48. The summed E-state index contributed by atoms with van der Waals surface area (Å²) in [4.78, 5) is 24.8. The predicted molar refractivity (Wildman–Crippen MR) is 101 cm³/mol. The minimum Gasteiger partial charge on any atom is -0.455 e. The molecule has 7 nitrogen and oxygen atoms in total. The molecule has 0 aromatic heterocycles. The maximum atomic E-state index is 12.7. The van der Waals surface area contributed by atoms with Gasteiger partial charge in [0.1, 0.15) is 0 Å². The highest BCUT2D eigenvalue weighted by Gasteiger charge is 2.55. The van der Waals surface area contributed by atoms with Crippen LogP contribution in [-0.2, 0) is 30.9 Å². The second-order valence-electron chi connectivity index (χ2n) is 8.74. The molecular weight excluding hydrogens is 380 g/mol. The van der Waals surface area contributed by atoms with E-state index in [0.717, 1.165) is 24.8 Å². The van der Waals surface area contributed by atoms with E-state index < -0.39 is 10.0 Å². The van der Waals surface area contributed by atoms with Crippen LogP contribution in [0.2, 0.25) is 0 Å². The van der Waals surface area contributed by atoms with Crippen LogP contribution in [0, 0.1) is 23.2 Å². The van der Waals surface area contributed by atoms with E-state index in [1.54, 1.807) is 12.1 Å². The summed E-state index contributed by atoms with van der Waals surface area (Å²) in [6, 6.07) is 5.96. The lowest BCUT2D eigenvalue weighted by atomic mass is 9.49. The Morgan fingerprint density at radius 2 is 1.57 bits per heavy atom. The third kappa shape index (κ3) is 3.93. The first-order valence-electron chi connectivity index (χ1n) is 9.79. The number of hydrogen-bond acceptors (Lipinski definition) is 5. The molecule has 1 aromatic carbocycles. The minimum atomic E-state index is -3.73. The van der Waals surface area contributed by atoms with Crippen LogP contribution in [0.3, 0.4) is 0 Å². The standard InChI is InChI=1S/C20H26N2O5S/c21-28(25,26)17-3-1-13(2-4-17)11-22-18(23)12-27-19(24)20-8-14-5-15(9-20)7-16(6-14)10-20/h1-4,14-16H,5-12H2,(H,22,23)(H2,21,25,26). The molecule has 0 unspecified atom stereocenters. The van der Waals surface area contributed by atoms with Gasteiger partial charge in [-0.3, -0.25) is 9.59 Å². The lowest BCUT2D eigenvalue weighted by Crippen LogP contribution is -2.51. The van der Waals surface area contributed by atoms with Crippen molar-refractivity contribution in [3.63, 3.8) is 0 Å². The first-order chi connectivity index (χ1) is 13.2. The van der Waals surface area contributed by atoms with Crippen molar-refractivity contribution in [1.82, 2.24) is 5.32 Å². The van der Waals surface area contributed by atoms with Crippen molar-refractivity contribution in [1.29, 1.82) is 0 Å². The van der Waals surface area contributed by atoms with Gasteiger partial charge in [-0.2, -0.15) is 0 Å². The van der Waals surface area contributed by atoms with Crippen molar-refractivity contribution in [2.75, 3.05) is 6.61 Å². The zero-order chi connectivity index (χ0) is 19.9. The van der Waals surface area contributed by atoms with E-state index in [4.69, 9.17) is 9.88 Å². The second-order valence-corrected chi connectivity index (χ2v) is 10.3. The van der Waals surface area contributed by atoms with Gasteiger partial charge in [0, 0.05) is 6.54 Å². The minimum absolute atomic E-state index is 0.0204. The van der Waals surface area contributed by atoms with Crippen molar-refractivity contribution in [3.8, 4) is 0 Å². The van der Waals surface area contributed by atoms with Crippen LogP contribution < -0.4 is 10.5 Å². The van der Waals surface area contributed by atoms with Crippen molar-refractivity contribution in [3.05, 3.63) is 29.8 Å². The fourth-order valence-electron chi connectivity index (χ4n) is 5.69. The largest absolute Gasteiger partial charge is 0.455 e. The highest BCUT2D eigenvalue weighted by Crippen LogP contribution is 2.60. The van der Waals surface area contributed by atoms with Crippen molar-refractivity contribution in [2.45, 2.75) is 50.0 Å². The summed E-state index contributed by atoms with van der Waals surface area (Å²) in [5, 5.41) is 7.75. The number of ether oxygens (including phenoxy) is 1. The number of carbonyl (C=O) groups is 2. The van der Waals surface area contributed by atoms with Gasteiger partial charge < -0.3 is 10.1 Å². The summed E-state index contributed by atoms with van der Waals surface area (Å²) < 4.78 is 27.9. The highest BCUT2D eigenvalue weighted by molar-refractivity contribution is 7.89. The van der Waals surface area contributed by atoms with Crippen molar-refractivity contribution >= 4 is 21.9 Å². The molecule has 4 aliphatic carbocycles. The Balaban J connectivity index is 1.26. The number of esters is 1. The van der Waals surface area contributed by atoms with E-state index >= 15 is 0 Å². The molecule has 5 rings (SSSR count). The molecule has 0 spiro atoms. The molecule has 4 saturated carbocycles. The highest BCUT2D eigenvalue weighted by atomic mass is 32.2. The zero-order valence-electron chi connectivity index (χ0n) is 15.7. The number of carbonyl (C=O) groups excluding carboxylic acids is 2. The number of primary sulfonamides is 1. The van der Waals surface area contributed by atoms with Crippen LogP contribution in [0.1, 0.15) is 44.1 Å². The lowest BCUT2D eigenvalue weighted by Gasteiger charge is -2.55. The smallest absolute Gasteiger partial charge is 0.312 e. The van der Waals surface area contributed by atoms with Crippen LogP contribution in [0.15, 0.2) is 29.2 Å². The molecule has 4 fully saturated rings. The van der Waals surface area contributed by atoms with Gasteiger partial charge in [-0.1, -0.05) is 12.1 Å². The number of benzene rings is 1. The summed E-state index contributed by atoms with van der Waals surface area (Å²) >= 11 is 0. The van der Waals surface area contributed by atoms with Crippen LogP contribution in [0.4, 0.5) is 0 Å². The maximum Gasteiger partial charge on any atom is 0.312 e. The topological polar surface area (TPSA) is 116 Å². The Bertz CT molecular complexity index is 843. The lowest BCUT2D eigenvalue weighted by molar-refractivity contribution is -0.173. The SMILES string of the molecule is NS(=O)(=O)c1ccc(CNC(=O)COC(=O)C23CC4CC(CC(C4)C2)C3)cc1. The first kappa shape index (κ1) is 19.4. The average Bonchev–Trinajstić information content (AvgIpc) is 2.63. The Morgan fingerprint density at radius 1 is 1.04 bits per heavy atom. The fraction of sp³-hybridized carbons (Fsp3) is 0.600. The number of amides is 1. The van der Waals surface area contributed by atoms with Gasteiger partial charge >= 0.3 is 5.97 Å². The normalized spacial score (nSPS) is 30.8. The average molecular weight is 407 g/mol. The van der Waals surface area contributed by atoms with Gasteiger partial charge in [0.15, 0.2) is 6.61 Å². The molecule has 1 aromatic rings. The summed E-state index contributed by atoms with van der Waals surface area (Å²) in [6.07, 6.45) is 6.48. The summed E-state index contributed by atoms with van der Waals surface area (Å²) in [5.74, 6) is 1.36. The van der Waals surface area contributed by atoms with E-state index in [9.17, 15) is 18.0 Å². The molecule has 28 heavy (non-hydrogen) atoms. The third-order valence-electron chi connectivity index (χ3n) is 6.55. The quantitative estimate of drug-likeness (QED) is 0.698. The van der Waals surface area contributed by atoms with Gasteiger partial charge in [0.05, 0.1) is 10.3 Å². The van der Waals surface area contributed by atoms with Gasteiger partial charge in [0.25, 0.3) is 5.91 Å². The molecule has 4 bridgehead atoms. The molecule has 0 saturated heterocycles. The molecule has 0 radical (unpaired) electrons. The first-order valence-corrected chi connectivity index (χ1v) is 11.3. The Hall–Kier alpha value is -1.93. The number of nitrogens with two attached hydrogens (primary N) is 1. The van der Waals surface area contributed by atoms with E-state index in [1.165, 1.54) is 31.4 Å². The van der Waals surface area contributed by atoms with E-state index in [0.29, 0.717) is 17.8 Å². The Morgan fingerprint density at radius 3 is 2.07 bits per heavy atom. The van der Waals surface area contributed by atoms with E-state index in [-0.39, 0.29) is 35.3 Å². The predicted octanol–water partition coefficient (Wildman–Crippen LogP) is 1.71. The Labute approximate surface area is 165 Å². The van der Waals surface area contributed by atoms with Gasteiger partial charge in [-0.05, 0) is 74.0 Å². The van der Waals surface area contributed by atoms with Crippen LogP contribution in [0.5, 0.6) is 0 Å².